The maximum Gasteiger partial charge on any atom is 0.124 e. The highest BCUT2D eigenvalue weighted by atomic mass is 35.5. The van der Waals surface area contributed by atoms with Crippen molar-refractivity contribution >= 4 is 22.6 Å². The van der Waals surface area contributed by atoms with Crippen LogP contribution >= 0.6 is 11.6 Å². The Labute approximate surface area is 208 Å². The van der Waals surface area contributed by atoms with E-state index in [1.807, 2.05) is 22.8 Å². The summed E-state index contributed by atoms with van der Waals surface area (Å²) in [5, 5.41) is 10.2. The molecule has 1 aliphatic heterocycles. The van der Waals surface area contributed by atoms with Gasteiger partial charge in [-0.1, -0.05) is 35.9 Å². The van der Waals surface area contributed by atoms with Crippen LogP contribution in [0.3, 0.4) is 0 Å². The summed E-state index contributed by atoms with van der Waals surface area (Å²) in [5.41, 5.74) is 3.75. The van der Waals surface area contributed by atoms with Gasteiger partial charge in [-0.05, 0) is 53.6 Å². The molecule has 5 nitrogen and oxygen atoms in total. The highest BCUT2D eigenvalue weighted by Gasteiger charge is 2.27. The first-order valence-electron chi connectivity index (χ1n) is 11.7. The second-order valence-electron chi connectivity index (χ2n) is 8.85. The Morgan fingerprint density at radius 3 is 2.03 bits per heavy atom. The first-order chi connectivity index (χ1) is 17.0. The molecule has 5 rings (SSSR count). The number of benzene rings is 3. The summed E-state index contributed by atoms with van der Waals surface area (Å²) in [4.78, 5) is 9.50. The average Bonchev–Trinajstić information content (AvgIpc) is 3.19. The first-order valence-corrected chi connectivity index (χ1v) is 12.1. The van der Waals surface area contributed by atoms with E-state index >= 15 is 0 Å². The number of aliphatic hydroxyl groups is 1. The zero-order valence-corrected chi connectivity index (χ0v) is 20.0. The Bertz CT molecular complexity index is 1240. The third-order valence-electron chi connectivity index (χ3n) is 6.62. The molecule has 2 heterocycles. The molecule has 4 aromatic rings. The van der Waals surface area contributed by atoms with Crippen LogP contribution < -0.4 is 0 Å². The van der Waals surface area contributed by atoms with Gasteiger partial charge in [0, 0.05) is 37.7 Å². The van der Waals surface area contributed by atoms with Crippen LogP contribution in [-0.4, -0.2) is 57.2 Å². The second-order valence-corrected chi connectivity index (χ2v) is 9.29. The summed E-state index contributed by atoms with van der Waals surface area (Å²) in [5.74, 6) is 0.352. The monoisotopic (exact) mass is 496 g/mol. The van der Waals surface area contributed by atoms with Crippen molar-refractivity contribution in [3.05, 3.63) is 100 Å². The van der Waals surface area contributed by atoms with Crippen molar-refractivity contribution in [2.45, 2.75) is 19.1 Å². The number of aromatic nitrogens is 2. The number of piperazine rings is 1. The summed E-state index contributed by atoms with van der Waals surface area (Å²) >= 11 is 6.19. The molecule has 1 saturated heterocycles. The molecule has 0 spiro atoms. The predicted molar refractivity (Wildman–Crippen MR) is 133 cm³/mol. The zero-order chi connectivity index (χ0) is 24.4. The minimum absolute atomic E-state index is 0.0236. The normalized spacial score (nSPS) is 15.3. The largest absolute Gasteiger partial charge is 0.395 e. The molecule has 8 heteroatoms. The number of fused-ring (bicyclic) bond motifs is 1. The van der Waals surface area contributed by atoms with Crippen molar-refractivity contribution in [3.8, 4) is 0 Å². The Morgan fingerprint density at radius 1 is 0.857 bits per heavy atom. The Kier molecular flexibility index (Phi) is 7.11. The topological polar surface area (TPSA) is 44.5 Å². The van der Waals surface area contributed by atoms with E-state index in [0.29, 0.717) is 18.1 Å². The maximum absolute atomic E-state index is 13.6. The van der Waals surface area contributed by atoms with Crippen LogP contribution in [0.4, 0.5) is 8.78 Å². The molecule has 0 unspecified atom stereocenters. The number of halogens is 3. The van der Waals surface area contributed by atoms with E-state index in [-0.39, 0.29) is 24.3 Å². The molecule has 1 N–H and O–H groups in total. The predicted octanol–water partition coefficient (Wildman–Crippen LogP) is 4.87. The molecule has 0 aliphatic carbocycles. The van der Waals surface area contributed by atoms with E-state index in [2.05, 4.69) is 9.80 Å². The molecule has 182 valence electrons. The van der Waals surface area contributed by atoms with Crippen LogP contribution in [-0.2, 0) is 13.1 Å². The van der Waals surface area contributed by atoms with E-state index in [4.69, 9.17) is 16.6 Å². The van der Waals surface area contributed by atoms with E-state index in [0.717, 1.165) is 54.2 Å². The molecule has 3 aromatic carbocycles. The van der Waals surface area contributed by atoms with Gasteiger partial charge in [0.2, 0.25) is 0 Å². The van der Waals surface area contributed by atoms with Crippen molar-refractivity contribution in [1.82, 2.24) is 19.4 Å². The molecule has 1 aromatic heterocycles. The fourth-order valence-electron chi connectivity index (χ4n) is 4.90. The van der Waals surface area contributed by atoms with Crippen molar-refractivity contribution in [3.63, 3.8) is 0 Å². The lowest BCUT2D eigenvalue weighted by molar-refractivity contribution is 0.102. The Hall–Kier alpha value is -2.84. The summed E-state index contributed by atoms with van der Waals surface area (Å²) in [6, 6.07) is 18.6. The summed E-state index contributed by atoms with van der Waals surface area (Å²) in [7, 11) is 0. The SMILES string of the molecule is OCCn1c(CN2CCN(C(c3ccc(F)cc3)c3ccc(F)cc3)CC2)nc2ccc(Cl)cc21. The fourth-order valence-corrected chi connectivity index (χ4v) is 5.07. The number of hydrogen-bond donors (Lipinski definition) is 1. The van der Waals surface area contributed by atoms with Gasteiger partial charge in [-0.25, -0.2) is 13.8 Å². The van der Waals surface area contributed by atoms with E-state index < -0.39 is 0 Å². The van der Waals surface area contributed by atoms with E-state index in [1.54, 1.807) is 24.3 Å². The quantitative estimate of drug-likeness (QED) is 0.396. The van der Waals surface area contributed by atoms with Gasteiger partial charge < -0.3 is 9.67 Å². The zero-order valence-electron chi connectivity index (χ0n) is 19.2. The lowest BCUT2D eigenvalue weighted by Crippen LogP contribution is -2.47. The molecular weight excluding hydrogens is 470 g/mol. The Balaban J connectivity index is 1.34. The fraction of sp³-hybridized carbons (Fsp3) is 0.296. The molecule has 35 heavy (non-hydrogen) atoms. The van der Waals surface area contributed by atoms with Crippen molar-refractivity contribution < 1.29 is 13.9 Å². The number of nitrogens with zero attached hydrogens (tertiary/aromatic N) is 4. The molecule has 0 radical (unpaired) electrons. The van der Waals surface area contributed by atoms with Gasteiger partial charge in [0.1, 0.15) is 17.5 Å². The molecule has 0 saturated carbocycles. The van der Waals surface area contributed by atoms with Crippen LogP contribution in [0.15, 0.2) is 66.7 Å². The minimum Gasteiger partial charge on any atom is -0.395 e. The highest BCUT2D eigenvalue weighted by molar-refractivity contribution is 6.31. The van der Waals surface area contributed by atoms with Gasteiger partial charge in [0.15, 0.2) is 0 Å². The van der Waals surface area contributed by atoms with Crippen molar-refractivity contribution in [2.75, 3.05) is 32.8 Å². The van der Waals surface area contributed by atoms with Crippen LogP contribution in [0.5, 0.6) is 0 Å². The maximum atomic E-state index is 13.6. The van der Waals surface area contributed by atoms with Gasteiger partial charge in [-0.2, -0.15) is 0 Å². The van der Waals surface area contributed by atoms with Gasteiger partial charge >= 0.3 is 0 Å². The second kappa shape index (κ2) is 10.4. The third kappa shape index (κ3) is 5.23. The van der Waals surface area contributed by atoms with Crippen LogP contribution in [0.25, 0.3) is 11.0 Å². The molecule has 1 fully saturated rings. The number of rotatable bonds is 7. The minimum atomic E-state index is -0.275. The van der Waals surface area contributed by atoms with Crippen molar-refractivity contribution in [1.29, 1.82) is 0 Å². The number of aliphatic hydroxyl groups excluding tert-OH is 1. The van der Waals surface area contributed by atoms with Crippen LogP contribution in [0.2, 0.25) is 5.02 Å². The number of hydrogen-bond acceptors (Lipinski definition) is 4. The highest BCUT2D eigenvalue weighted by Crippen LogP contribution is 2.30. The van der Waals surface area contributed by atoms with E-state index in [1.165, 1.54) is 24.3 Å². The van der Waals surface area contributed by atoms with Crippen LogP contribution in [0, 0.1) is 11.6 Å². The average molecular weight is 497 g/mol. The van der Waals surface area contributed by atoms with Gasteiger partial charge in [-0.15, -0.1) is 0 Å². The van der Waals surface area contributed by atoms with Gasteiger partial charge in [-0.3, -0.25) is 9.80 Å². The van der Waals surface area contributed by atoms with Crippen LogP contribution in [0.1, 0.15) is 23.0 Å². The lowest BCUT2D eigenvalue weighted by atomic mass is 9.96. The summed E-state index contributed by atoms with van der Waals surface area (Å²) in [6.07, 6.45) is 0. The lowest BCUT2D eigenvalue weighted by Gasteiger charge is -2.39. The molecule has 0 amide bonds. The number of imidazole rings is 1. The Morgan fingerprint density at radius 2 is 1.46 bits per heavy atom. The molecule has 1 aliphatic rings. The van der Waals surface area contributed by atoms with Gasteiger partial charge in [0.05, 0.1) is 30.2 Å². The van der Waals surface area contributed by atoms with Crippen molar-refractivity contribution in [2.24, 2.45) is 0 Å². The molecular formula is C27H27ClF2N4O. The van der Waals surface area contributed by atoms with E-state index in [9.17, 15) is 13.9 Å². The molecule has 0 bridgehead atoms. The smallest absolute Gasteiger partial charge is 0.124 e. The third-order valence-corrected chi connectivity index (χ3v) is 6.86. The first kappa shape index (κ1) is 23.9. The standard InChI is InChI=1S/C27H27ClF2N4O/c28-21-5-10-24-25(17-21)34(15-16-35)26(31-24)18-32-11-13-33(14-12-32)27(19-1-6-22(29)7-2-19)20-3-8-23(30)9-4-20/h1-10,17,27,35H,11-16,18H2. The van der Waals surface area contributed by atoms with Gasteiger partial charge in [0.25, 0.3) is 0 Å². The summed E-state index contributed by atoms with van der Waals surface area (Å²) < 4.78 is 29.2. The summed E-state index contributed by atoms with van der Waals surface area (Å²) in [6.45, 7) is 4.39. The molecule has 0 atom stereocenters.